The number of carbonyl (C=O) groups excluding carboxylic acids is 2. The predicted octanol–water partition coefficient (Wildman–Crippen LogP) is 2.15. The smallest absolute Gasteiger partial charge is 0.291 e. The van der Waals surface area contributed by atoms with Gasteiger partial charge in [0.1, 0.15) is 0 Å². The molecule has 0 aromatic heterocycles. The molecule has 1 fully saturated rings. The number of likely N-dealkylation sites (tertiary alicyclic amines) is 1. The molecule has 0 spiro atoms. The lowest BCUT2D eigenvalue weighted by Crippen LogP contribution is -2.47. The van der Waals surface area contributed by atoms with E-state index < -0.39 is 5.91 Å². The normalized spacial score (nSPS) is 27.0. The quantitative estimate of drug-likeness (QED) is 0.775. The molecule has 2 unspecified atom stereocenters. The Labute approximate surface area is 119 Å². The number of carbonyl (C=O) groups is 2. The maximum atomic E-state index is 12.1. The number of ketones is 1. The van der Waals surface area contributed by atoms with Crippen LogP contribution in [-0.2, 0) is 4.79 Å². The van der Waals surface area contributed by atoms with Gasteiger partial charge in [0, 0.05) is 13.1 Å². The van der Waals surface area contributed by atoms with Crippen molar-refractivity contribution in [3.8, 4) is 0 Å². The maximum Gasteiger partial charge on any atom is 0.300 e. The van der Waals surface area contributed by atoms with Gasteiger partial charge in [-0.1, -0.05) is 26.0 Å². The van der Waals surface area contributed by atoms with Crippen LogP contribution in [0.2, 0.25) is 0 Å². The fourth-order valence-corrected chi connectivity index (χ4v) is 3.50. The molecule has 4 heteroatoms. The summed E-state index contributed by atoms with van der Waals surface area (Å²) < 4.78 is 0. The lowest BCUT2D eigenvalue weighted by atomic mass is 9.92. The Morgan fingerprint density at radius 1 is 1.10 bits per heavy atom. The van der Waals surface area contributed by atoms with Crippen LogP contribution in [0.15, 0.2) is 24.3 Å². The molecule has 1 amide bonds. The Bertz CT molecular complexity index is 545. The zero-order valence-corrected chi connectivity index (χ0v) is 12.0. The number of amides is 1. The topological polar surface area (TPSA) is 40.6 Å². The zero-order valence-electron chi connectivity index (χ0n) is 12.0. The molecule has 3 rings (SSSR count). The second kappa shape index (κ2) is 5.02. The van der Waals surface area contributed by atoms with E-state index in [1.807, 2.05) is 12.1 Å². The third-order valence-electron chi connectivity index (χ3n) is 4.16. The molecular formula is C16H20N2O2. The van der Waals surface area contributed by atoms with Gasteiger partial charge in [-0.2, -0.15) is 0 Å². The van der Waals surface area contributed by atoms with E-state index in [9.17, 15) is 9.59 Å². The van der Waals surface area contributed by atoms with Gasteiger partial charge in [-0.3, -0.25) is 19.4 Å². The minimum Gasteiger partial charge on any atom is -0.291 e. The van der Waals surface area contributed by atoms with Crippen LogP contribution in [0.5, 0.6) is 0 Å². The summed E-state index contributed by atoms with van der Waals surface area (Å²) in [6, 6.07) is 7.27. The number of Topliss-reactive ketones (excluding diaryl/α,β-unsaturated/α-hetero) is 1. The van der Waals surface area contributed by atoms with Crippen molar-refractivity contribution in [3.05, 3.63) is 29.8 Å². The van der Waals surface area contributed by atoms with Gasteiger partial charge >= 0.3 is 5.91 Å². The van der Waals surface area contributed by atoms with Crippen LogP contribution >= 0.6 is 0 Å². The monoisotopic (exact) mass is 272 g/mol. The van der Waals surface area contributed by atoms with Crippen LogP contribution in [0.4, 0.5) is 5.69 Å². The van der Waals surface area contributed by atoms with Crippen molar-refractivity contribution < 1.29 is 9.59 Å². The standard InChI is InChI=1S/C16H20N2O2/c1-11-7-12(2)9-17(8-11)10-18-14-6-4-3-5-13(14)15(19)16(18)20/h3-6,11-12H,7-10H2,1-2H3. The summed E-state index contributed by atoms with van der Waals surface area (Å²) in [5, 5.41) is 0. The van der Waals surface area contributed by atoms with Gasteiger partial charge in [-0.25, -0.2) is 0 Å². The van der Waals surface area contributed by atoms with Crippen molar-refractivity contribution in [3.63, 3.8) is 0 Å². The highest BCUT2D eigenvalue weighted by atomic mass is 16.2. The van der Waals surface area contributed by atoms with Crippen molar-refractivity contribution in [2.75, 3.05) is 24.7 Å². The summed E-state index contributed by atoms with van der Waals surface area (Å²) >= 11 is 0. The Morgan fingerprint density at radius 3 is 2.45 bits per heavy atom. The minimum atomic E-state index is -0.392. The second-order valence-electron chi connectivity index (χ2n) is 6.20. The van der Waals surface area contributed by atoms with Gasteiger partial charge in [-0.05, 0) is 30.4 Å². The van der Waals surface area contributed by atoms with Crippen molar-refractivity contribution in [1.82, 2.24) is 4.90 Å². The largest absolute Gasteiger partial charge is 0.300 e. The predicted molar refractivity (Wildman–Crippen MR) is 77.6 cm³/mol. The fourth-order valence-electron chi connectivity index (χ4n) is 3.50. The summed E-state index contributed by atoms with van der Waals surface area (Å²) in [6.07, 6.45) is 1.24. The van der Waals surface area contributed by atoms with Crippen LogP contribution in [0.3, 0.4) is 0 Å². The van der Waals surface area contributed by atoms with Crippen LogP contribution in [-0.4, -0.2) is 36.3 Å². The molecule has 0 aliphatic carbocycles. The molecule has 1 saturated heterocycles. The molecule has 1 aromatic carbocycles. The van der Waals surface area contributed by atoms with Crippen LogP contribution in [0.25, 0.3) is 0 Å². The van der Waals surface area contributed by atoms with Gasteiger partial charge in [0.15, 0.2) is 0 Å². The Hall–Kier alpha value is -1.68. The van der Waals surface area contributed by atoms with Gasteiger partial charge in [-0.15, -0.1) is 0 Å². The first-order valence-electron chi connectivity index (χ1n) is 7.24. The number of fused-ring (bicyclic) bond motifs is 1. The van der Waals surface area contributed by atoms with E-state index in [4.69, 9.17) is 0 Å². The number of rotatable bonds is 2. The van der Waals surface area contributed by atoms with Gasteiger partial charge in [0.2, 0.25) is 0 Å². The Kier molecular flexibility index (Phi) is 3.34. The molecule has 2 atom stereocenters. The summed E-state index contributed by atoms with van der Waals surface area (Å²) in [7, 11) is 0. The molecule has 2 aliphatic heterocycles. The number of hydrogen-bond donors (Lipinski definition) is 0. The number of benzene rings is 1. The molecule has 2 aliphatic rings. The highest BCUT2D eigenvalue weighted by Gasteiger charge is 2.37. The van der Waals surface area contributed by atoms with E-state index in [0.717, 1.165) is 18.8 Å². The molecule has 0 bridgehead atoms. The van der Waals surface area contributed by atoms with E-state index >= 15 is 0 Å². The van der Waals surface area contributed by atoms with Crippen LogP contribution in [0, 0.1) is 11.8 Å². The second-order valence-corrected chi connectivity index (χ2v) is 6.20. The van der Waals surface area contributed by atoms with E-state index in [1.165, 1.54) is 6.42 Å². The summed E-state index contributed by atoms with van der Waals surface area (Å²) in [6.45, 7) is 6.99. The third kappa shape index (κ3) is 2.24. The van der Waals surface area contributed by atoms with Crippen molar-refractivity contribution in [2.24, 2.45) is 11.8 Å². The van der Waals surface area contributed by atoms with E-state index in [-0.39, 0.29) is 5.78 Å². The Balaban J connectivity index is 1.81. The lowest BCUT2D eigenvalue weighted by molar-refractivity contribution is -0.114. The summed E-state index contributed by atoms with van der Waals surface area (Å²) in [5.41, 5.74) is 1.30. The first kappa shape index (κ1) is 13.3. The molecule has 1 aromatic rings. The van der Waals surface area contributed by atoms with Gasteiger partial charge < -0.3 is 0 Å². The molecular weight excluding hydrogens is 252 g/mol. The van der Waals surface area contributed by atoms with Crippen molar-refractivity contribution in [1.29, 1.82) is 0 Å². The lowest BCUT2D eigenvalue weighted by Gasteiger charge is -2.37. The number of nitrogens with zero attached hydrogens (tertiary/aromatic N) is 2. The maximum absolute atomic E-state index is 12.1. The molecule has 106 valence electrons. The fraction of sp³-hybridized carbons (Fsp3) is 0.500. The number of para-hydroxylation sites is 1. The van der Waals surface area contributed by atoms with Crippen LogP contribution in [0.1, 0.15) is 30.6 Å². The average Bonchev–Trinajstić information content (AvgIpc) is 2.64. The number of piperidine rings is 1. The van der Waals surface area contributed by atoms with Gasteiger partial charge in [0.05, 0.1) is 17.9 Å². The molecule has 20 heavy (non-hydrogen) atoms. The SMILES string of the molecule is CC1CC(C)CN(CN2C(=O)C(=O)c3ccccc32)C1. The highest BCUT2D eigenvalue weighted by molar-refractivity contribution is 6.52. The summed E-state index contributed by atoms with van der Waals surface area (Å²) in [4.78, 5) is 28.0. The summed E-state index contributed by atoms with van der Waals surface area (Å²) in [5.74, 6) is 0.514. The molecule has 0 saturated carbocycles. The highest BCUT2D eigenvalue weighted by Crippen LogP contribution is 2.30. The minimum absolute atomic E-state index is 0.376. The molecule has 4 nitrogen and oxygen atoms in total. The average molecular weight is 272 g/mol. The number of anilines is 1. The Morgan fingerprint density at radius 2 is 1.75 bits per heavy atom. The third-order valence-corrected chi connectivity index (χ3v) is 4.16. The van der Waals surface area contributed by atoms with Gasteiger partial charge in [0.25, 0.3) is 5.78 Å². The molecule has 0 radical (unpaired) electrons. The molecule has 0 N–H and O–H groups in total. The van der Waals surface area contributed by atoms with E-state index in [1.54, 1.807) is 17.0 Å². The first-order valence-corrected chi connectivity index (χ1v) is 7.24. The van der Waals surface area contributed by atoms with Crippen molar-refractivity contribution >= 4 is 17.4 Å². The van der Waals surface area contributed by atoms with Crippen LogP contribution < -0.4 is 4.90 Å². The first-order chi connectivity index (χ1) is 9.56. The zero-order chi connectivity index (χ0) is 14.3. The molecule has 2 heterocycles. The van der Waals surface area contributed by atoms with E-state index in [2.05, 4.69) is 18.7 Å². The number of hydrogen-bond acceptors (Lipinski definition) is 3. The van der Waals surface area contributed by atoms with E-state index in [0.29, 0.717) is 24.1 Å². The van der Waals surface area contributed by atoms with Crippen molar-refractivity contribution in [2.45, 2.75) is 20.3 Å².